The second-order valence-corrected chi connectivity index (χ2v) is 6.73. The Kier molecular flexibility index (Phi) is 3.79. The Hall–Kier alpha value is -0.825. The molecule has 1 aromatic carbocycles. The molecule has 5 heteroatoms. The third-order valence-corrected chi connectivity index (χ3v) is 4.25. The SMILES string of the molecule is CC1(C)OB(c2cc(Br)cc(CC#N)c2)OC1(C)C. The second-order valence-electron chi connectivity index (χ2n) is 5.82. The summed E-state index contributed by atoms with van der Waals surface area (Å²) >= 11 is 3.47. The van der Waals surface area contributed by atoms with Gasteiger partial charge in [0.25, 0.3) is 0 Å². The van der Waals surface area contributed by atoms with Gasteiger partial charge in [0.1, 0.15) is 0 Å². The van der Waals surface area contributed by atoms with Crippen LogP contribution in [-0.4, -0.2) is 18.3 Å². The highest BCUT2D eigenvalue weighted by Gasteiger charge is 2.51. The minimum atomic E-state index is -0.389. The molecule has 0 amide bonds. The zero-order valence-corrected chi connectivity index (χ0v) is 13.2. The number of rotatable bonds is 2. The van der Waals surface area contributed by atoms with Gasteiger partial charge in [0.05, 0.1) is 23.7 Å². The Morgan fingerprint density at radius 1 is 1.16 bits per heavy atom. The average molecular weight is 322 g/mol. The molecule has 1 aliphatic rings. The van der Waals surface area contributed by atoms with E-state index in [2.05, 4.69) is 22.0 Å². The van der Waals surface area contributed by atoms with Crippen molar-refractivity contribution in [3.63, 3.8) is 0 Å². The molecule has 1 heterocycles. The lowest BCUT2D eigenvalue weighted by Gasteiger charge is -2.32. The summed E-state index contributed by atoms with van der Waals surface area (Å²) in [6.45, 7) is 8.12. The highest BCUT2D eigenvalue weighted by Crippen LogP contribution is 2.36. The zero-order chi connectivity index (χ0) is 14.3. The molecular weight excluding hydrogens is 305 g/mol. The van der Waals surface area contributed by atoms with Crippen molar-refractivity contribution in [2.24, 2.45) is 0 Å². The molecule has 2 rings (SSSR count). The molecule has 0 N–H and O–H groups in total. The van der Waals surface area contributed by atoms with Gasteiger partial charge in [-0.3, -0.25) is 0 Å². The van der Waals surface area contributed by atoms with E-state index in [9.17, 15) is 0 Å². The molecule has 0 spiro atoms. The van der Waals surface area contributed by atoms with E-state index in [4.69, 9.17) is 14.6 Å². The molecule has 1 aromatic rings. The van der Waals surface area contributed by atoms with Gasteiger partial charge in [0.15, 0.2) is 0 Å². The molecule has 0 aromatic heterocycles. The van der Waals surface area contributed by atoms with Crippen molar-refractivity contribution in [1.82, 2.24) is 0 Å². The van der Waals surface area contributed by atoms with Crippen molar-refractivity contribution in [3.05, 3.63) is 28.2 Å². The highest BCUT2D eigenvalue weighted by molar-refractivity contribution is 9.10. The fraction of sp³-hybridized carbons (Fsp3) is 0.500. The van der Waals surface area contributed by atoms with Gasteiger partial charge in [-0.05, 0) is 50.9 Å². The van der Waals surface area contributed by atoms with Gasteiger partial charge in [0.2, 0.25) is 0 Å². The Balaban J connectivity index is 2.32. The quantitative estimate of drug-likeness (QED) is 0.787. The summed E-state index contributed by atoms with van der Waals surface area (Å²) in [4.78, 5) is 0. The fourth-order valence-corrected chi connectivity index (χ4v) is 2.54. The second kappa shape index (κ2) is 4.94. The number of benzene rings is 1. The van der Waals surface area contributed by atoms with Crippen molar-refractivity contribution in [1.29, 1.82) is 5.26 Å². The largest absolute Gasteiger partial charge is 0.494 e. The summed E-state index contributed by atoms with van der Waals surface area (Å²) in [6, 6.07) is 8.05. The van der Waals surface area contributed by atoms with Gasteiger partial charge in [-0.2, -0.15) is 5.26 Å². The number of nitrogens with zero attached hydrogens (tertiary/aromatic N) is 1. The number of nitriles is 1. The van der Waals surface area contributed by atoms with Crippen molar-refractivity contribution in [3.8, 4) is 6.07 Å². The number of halogens is 1. The Morgan fingerprint density at radius 2 is 1.74 bits per heavy atom. The topological polar surface area (TPSA) is 42.2 Å². The molecular formula is C14H17BBrNO2. The summed E-state index contributed by atoms with van der Waals surface area (Å²) in [7, 11) is -0.389. The Bertz CT molecular complexity index is 521. The lowest BCUT2D eigenvalue weighted by Crippen LogP contribution is -2.41. The molecule has 100 valence electrons. The van der Waals surface area contributed by atoms with E-state index < -0.39 is 0 Å². The number of hydrogen-bond acceptors (Lipinski definition) is 3. The van der Waals surface area contributed by atoms with E-state index >= 15 is 0 Å². The van der Waals surface area contributed by atoms with Gasteiger partial charge in [-0.15, -0.1) is 0 Å². The highest BCUT2D eigenvalue weighted by atomic mass is 79.9. The molecule has 1 fully saturated rings. The predicted octanol–water partition coefficient (Wildman–Crippen LogP) is 2.81. The molecule has 1 saturated heterocycles. The van der Waals surface area contributed by atoms with Gasteiger partial charge < -0.3 is 9.31 Å². The molecule has 3 nitrogen and oxygen atoms in total. The molecule has 0 bridgehead atoms. The first-order chi connectivity index (χ1) is 8.75. The normalized spacial score (nSPS) is 20.3. The average Bonchev–Trinajstić information content (AvgIpc) is 2.48. The van der Waals surface area contributed by atoms with Crippen molar-refractivity contribution in [2.75, 3.05) is 0 Å². The standard InChI is InChI=1S/C14H17BBrNO2/c1-13(2)14(3,4)19-15(18-13)11-7-10(5-6-17)8-12(16)9-11/h7-9H,5H2,1-4H3. The van der Waals surface area contributed by atoms with Gasteiger partial charge in [0, 0.05) is 4.47 Å². The van der Waals surface area contributed by atoms with E-state index in [0.29, 0.717) is 6.42 Å². The van der Waals surface area contributed by atoms with Crippen LogP contribution in [0.25, 0.3) is 0 Å². The van der Waals surface area contributed by atoms with Crippen LogP contribution in [0, 0.1) is 11.3 Å². The predicted molar refractivity (Wildman–Crippen MR) is 79.2 cm³/mol. The molecule has 0 atom stereocenters. The first kappa shape index (κ1) is 14.6. The summed E-state index contributed by atoms with van der Waals surface area (Å²) in [5.74, 6) is 0. The van der Waals surface area contributed by atoms with Gasteiger partial charge in [-0.25, -0.2) is 0 Å². The molecule has 19 heavy (non-hydrogen) atoms. The van der Waals surface area contributed by atoms with Crippen LogP contribution < -0.4 is 5.46 Å². The van der Waals surface area contributed by atoms with E-state index in [-0.39, 0.29) is 18.3 Å². The molecule has 0 unspecified atom stereocenters. The van der Waals surface area contributed by atoms with Crippen LogP contribution in [0.2, 0.25) is 0 Å². The van der Waals surface area contributed by atoms with Crippen LogP contribution in [0.3, 0.4) is 0 Å². The van der Waals surface area contributed by atoms with E-state index in [1.165, 1.54) is 0 Å². The molecule has 0 aliphatic carbocycles. The van der Waals surface area contributed by atoms with Crippen LogP contribution in [0.1, 0.15) is 33.3 Å². The first-order valence-electron chi connectivity index (χ1n) is 6.27. The maximum Gasteiger partial charge on any atom is 0.494 e. The summed E-state index contributed by atoms with van der Waals surface area (Å²) in [5.41, 5.74) is 1.20. The van der Waals surface area contributed by atoms with Crippen molar-refractivity contribution >= 4 is 28.5 Å². The van der Waals surface area contributed by atoms with E-state index in [1.54, 1.807) is 0 Å². The molecule has 1 aliphatic heterocycles. The lowest BCUT2D eigenvalue weighted by atomic mass is 9.78. The van der Waals surface area contributed by atoms with Crippen LogP contribution in [0.15, 0.2) is 22.7 Å². The minimum Gasteiger partial charge on any atom is -0.399 e. The summed E-state index contributed by atoms with van der Waals surface area (Å²) in [5, 5.41) is 8.81. The van der Waals surface area contributed by atoms with Crippen LogP contribution in [0.4, 0.5) is 0 Å². The van der Waals surface area contributed by atoms with Crippen molar-refractivity contribution < 1.29 is 9.31 Å². The van der Waals surface area contributed by atoms with Gasteiger partial charge >= 0.3 is 7.12 Å². The van der Waals surface area contributed by atoms with Crippen LogP contribution in [-0.2, 0) is 15.7 Å². The molecule has 0 saturated carbocycles. The summed E-state index contributed by atoms with van der Waals surface area (Å²) in [6.07, 6.45) is 0.381. The Labute approximate surface area is 123 Å². The van der Waals surface area contributed by atoms with E-state index in [0.717, 1.165) is 15.5 Å². The maximum absolute atomic E-state index is 8.81. The number of hydrogen-bond donors (Lipinski definition) is 0. The lowest BCUT2D eigenvalue weighted by molar-refractivity contribution is 0.00578. The smallest absolute Gasteiger partial charge is 0.399 e. The third-order valence-electron chi connectivity index (χ3n) is 3.79. The first-order valence-corrected chi connectivity index (χ1v) is 7.06. The fourth-order valence-electron chi connectivity index (χ4n) is 1.98. The van der Waals surface area contributed by atoms with Crippen molar-refractivity contribution in [2.45, 2.75) is 45.3 Å². The van der Waals surface area contributed by atoms with Crippen LogP contribution in [0.5, 0.6) is 0 Å². The Morgan fingerprint density at radius 3 is 2.26 bits per heavy atom. The maximum atomic E-state index is 8.81. The van der Waals surface area contributed by atoms with Crippen LogP contribution >= 0.6 is 15.9 Å². The van der Waals surface area contributed by atoms with E-state index in [1.807, 2.05) is 45.9 Å². The third kappa shape index (κ3) is 2.86. The monoisotopic (exact) mass is 321 g/mol. The molecule has 0 radical (unpaired) electrons. The van der Waals surface area contributed by atoms with Gasteiger partial charge in [-0.1, -0.05) is 22.0 Å². The summed E-state index contributed by atoms with van der Waals surface area (Å²) < 4.78 is 13.0. The zero-order valence-electron chi connectivity index (χ0n) is 11.7. The minimum absolute atomic E-state index is 0.352.